The van der Waals surface area contributed by atoms with Crippen LogP contribution in [-0.2, 0) is 0 Å². The molecule has 0 radical (unpaired) electrons. The van der Waals surface area contributed by atoms with E-state index in [0.29, 0.717) is 19.0 Å². The Bertz CT molecular complexity index is 600. The van der Waals surface area contributed by atoms with Crippen LogP contribution in [0.5, 0.6) is 11.5 Å². The molecule has 0 aromatic heterocycles. The Labute approximate surface area is 110 Å². The van der Waals surface area contributed by atoms with Gasteiger partial charge in [-0.2, -0.15) is 0 Å². The number of fused-ring (bicyclic) bond motifs is 1. The third-order valence-corrected chi connectivity index (χ3v) is 3.13. The van der Waals surface area contributed by atoms with Crippen LogP contribution < -0.4 is 15.2 Å². The predicted octanol–water partition coefficient (Wildman–Crippen LogP) is 2.65. The van der Waals surface area contributed by atoms with Gasteiger partial charge in [-0.05, 0) is 35.4 Å². The second-order valence-corrected chi connectivity index (χ2v) is 4.44. The molecule has 1 aliphatic rings. The molecule has 1 atom stereocenters. The van der Waals surface area contributed by atoms with Crippen molar-refractivity contribution in [3.8, 4) is 11.5 Å². The summed E-state index contributed by atoms with van der Waals surface area (Å²) in [6, 6.07) is 11.5. The highest BCUT2D eigenvalue weighted by Crippen LogP contribution is 2.33. The zero-order valence-electron chi connectivity index (χ0n) is 10.3. The number of nitrogens with two attached hydrogens (primary N) is 1. The molecule has 0 fully saturated rings. The Balaban J connectivity index is 1.93. The van der Waals surface area contributed by atoms with Gasteiger partial charge in [-0.3, -0.25) is 0 Å². The molecular formula is C15H14FNO2. The summed E-state index contributed by atoms with van der Waals surface area (Å²) < 4.78 is 24.2. The molecule has 1 unspecified atom stereocenters. The van der Waals surface area contributed by atoms with Crippen LogP contribution in [0.3, 0.4) is 0 Å². The van der Waals surface area contributed by atoms with Crippen LogP contribution in [0.1, 0.15) is 17.2 Å². The van der Waals surface area contributed by atoms with Gasteiger partial charge in [0.05, 0.1) is 6.04 Å². The summed E-state index contributed by atoms with van der Waals surface area (Å²) in [5.41, 5.74) is 7.76. The summed E-state index contributed by atoms with van der Waals surface area (Å²) in [4.78, 5) is 0. The Hall–Kier alpha value is -2.07. The second kappa shape index (κ2) is 4.90. The highest BCUT2D eigenvalue weighted by atomic mass is 19.1. The van der Waals surface area contributed by atoms with Gasteiger partial charge in [0.2, 0.25) is 0 Å². The topological polar surface area (TPSA) is 44.5 Å². The summed E-state index contributed by atoms with van der Waals surface area (Å²) in [6.45, 7) is 1.09. The average molecular weight is 259 g/mol. The average Bonchev–Trinajstić information content (AvgIpc) is 2.46. The molecule has 0 spiro atoms. The maximum absolute atomic E-state index is 13.2. The first-order valence-electron chi connectivity index (χ1n) is 6.14. The Kier molecular flexibility index (Phi) is 3.09. The normalized spacial score (nSPS) is 15.1. The van der Waals surface area contributed by atoms with Crippen molar-refractivity contribution in [2.24, 2.45) is 5.73 Å². The molecule has 2 N–H and O–H groups in total. The van der Waals surface area contributed by atoms with Gasteiger partial charge in [0.15, 0.2) is 11.5 Å². The summed E-state index contributed by atoms with van der Waals surface area (Å²) in [7, 11) is 0. The van der Waals surface area contributed by atoms with Crippen LogP contribution in [-0.4, -0.2) is 13.2 Å². The molecule has 0 saturated heterocycles. The zero-order valence-corrected chi connectivity index (χ0v) is 10.3. The van der Waals surface area contributed by atoms with Crippen molar-refractivity contribution in [2.45, 2.75) is 6.04 Å². The third-order valence-electron chi connectivity index (χ3n) is 3.13. The molecule has 0 aliphatic carbocycles. The van der Waals surface area contributed by atoms with Crippen LogP contribution in [0.2, 0.25) is 0 Å². The van der Waals surface area contributed by atoms with Gasteiger partial charge in [0.25, 0.3) is 0 Å². The number of hydrogen-bond acceptors (Lipinski definition) is 3. The lowest BCUT2D eigenvalue weighted by molar-refractivity contribution is 0.171. The lowest BCUT2D eigenvalue weighted by Gasteiger charge is -2.20. The van der Waals surface area contributed by atoms with E-state index in [0.717, 1.165) is 16.9 Å². The van der Waals surface area contributed by atoms with E-state index in [-0.39, 0.29) is 11.9 Å². The number of benzene rings is 2. The van der Waals surface area contributed by atoms with E-state index in [1.165, 1.54) is 12.1 Å². The smallest absolute Gasteiger partial charge is 0.161 e. The van der Waals surface area contributed by atoms with E-state index in [4.69, 9.17) is 15.2 Å². The minimum atomic E-state index is -0.383. The monoisotopic (exact) mass is 259 g/mol. The maximum Gasteiger partial charge on any atom is 0.161 e. The van der Waals surface area contributed by atoms with Crippen LogP contribution in [0.25, 0.3) is 0 Å². The Morgan fingerprint density at radius 3 is 2.47 bits per heavy atom. The van der Waals surface area contributed by atoms with Crippen molar-refractivity contribution >= 4 is 0 Å². The van der Waals surface area contributed by atoms with Gasteiger partial charge >= 0.3 is 0 Å². The first-order chi connectivity index (χ1) is 9.24. The van der Waals surface area contributed by atoms with Crippen LogP contribution in [0.15, 0.2) is 42.5 Å². The molecule has 19 heavy (non-hydrogen) atoms. The zero-order chi connectivity index (χ0) is 13.2. The molecule has 3 nitrogen and oxygen atoms in total. The molecular weight excluding hydrogens is 245 g/mol. The molecule has 1 heterocycles. The van der Waals surface area contributed by atoms with Gasteiger partial charge < -0.3 is 15.2 Å². The summed E-state index contributed by atoms with van der Waals surface area (Å²) in [6.07, 6.45) is 0. The predicted molar refractivity (Wildman–Crippen MR) is 69.9 cm³/mol. The fourth-order valence-corrected chi connectivity index (χ4v) is 2.15. The molecule has 98 valence electrons. The van der Waals surface area contributed by atoms with Crippen LogP contribution in [0.4, 0.5) is 4.39 Å². The number of hydrogen-bond donors (Lipinski definition) is 1. The van der Waals surface area contributed by atoms with Crippen molar-refractivity contribution in [3.63, 3.8) is 0 Å². The Morgan fingerprint density at radius 2 is 1.68 bits per heavy atom. The number of halogens is 1. The highest BCUT2D eigenvalue weighted by molar-refractivity contribution is 5.46. The van der Waals surface area contributed by atoms with Crippen molar-refractivity contribution < 1.29 is 13.9 Å². The molecule has 4 heteroatoms. The number of ether oxygens (including phenoxy) is 2. The van der Waals surface area contributed by atoms with Gasteiger partial charge in [-0.25, -0.2) is 4.39 Å². The number of rotatable bonds is 2. The van der Waals surface area contributed by atoms with Crippen molar-refractivity contribution in [2.75, 3.05) is 13.2 Å². The third kappa shape index (κ3) is 2.39. The SMILES string of the molecule is NC(c1cccc(F)c1)c1ccc2c(c1)OCCO2. The van der Waals surface area contributed by atoms with Crippen molar-refractivity contribution in [3.05, 3.63) is 59.4 Å². The van der Waals surface area contributed by atoms with E-state index in [1.54, 1.807) is 6.07 Å². The Morgan fingerprint density at radius 1 is 0.947 bits per heavy atom. The van der Waals surface area contributed by atoms with E-state index >= 15 is 0 Å². The summed E-state index contributed by atoms with van der Waals surface area (Å²) in [5, 5.41) is 0. The molecule has 0 amide bonds. The standard InChI is InChI=1S/C15H14FNO2/c16-12-3-1-2-10(8-12)15(17)11-4-5-13-14(9-11)19-7-6-18-13/h1-5,8-9,15H,6-7,17H2. The van der Waals surface area contributed by atoms with E-state index in [1.807, 2.05) is 24.3 Å². The molecule has 3 rings (SSSR count). The van der Waals surface area contributed by atoms with Gasteiger partial charge in [0, 0.05) is 0 Å². The fourth-order valence-electron chi connectivity index (χ4n) is 2.15. The van der Waals surface area contributed by atoms with Crippen LogP contribution in [0, 0.1) is 5.82 Å². The minimum Gasteiger partial charge on any atom is -0.486 e. The van der Waals surface area contributed by atoms with E-state index in [9.17, 15) is 4.39 Å². The van der Waals surface area contributed by atoms with Gasteiger partial charge in [-0.1, -0.05) is 18.2 Å². The molecule has 1 aliphatic heterocycles. The van der Waals surface area contributed by atoms with Crippen LogP contribution >= 0.6 is 0 Å². The highest BCUT2D eigenvalue weighted by Gasteiger charge is 2.16. The molecule has 0 bridgehead atoms. The van der Waals surface area contributed by atoms with Crippen molar-refractivity contribution in [1.29, 1.82) is 0 Å². The second-order valence-electron chi connectivity index (χ2n) is 4.44. The summed E-state index contributed by atoms with van der Waals surface area (Å²) >= 11 is 0. The molecule has 2 aromatic rings. The van der Waals surface area contributed by atoms with E-state index < -0.39 is 0 Å². The minimum absolute atomic E-state index is 0.287. The summed E-state index contributed by atoms with van der Waals surface area (Å²) in [5.74, 6) is 1.13. The lowest BCUT2D eigenvalue weighted by Crippen LogP contribution is -2.17. The first-order valence-corrected chi connectivity index (χ1v) is 6.14. The maximum atomic E-state index is 13.2. The first kappa shape index (κ1) is 12.0. The lowest BCUT2D eigenvalue weighted by atomic mass is 9.99. The van der Waals surface area contributed by atoms with Crippen molar-refractivity contribution in [1.82, 2.24) is 0 Å². The molecule has 2 aromatic carbocycles. The fraction of sp³-hybridized carbons (Fsp3) is 0.200. The largest absolute Gasteiger partial charge is 0.486 e. The van der Waals surface area contributed by atoms with E-state index in [2.05, 4.69) is 0 Å². The quantitative estimate of drug-likeness (QED) is 0.901. The van der Waals surface area contributed by atoms with Gasteiger partial charge in [-0.15, -0.1) is 0 Å². The van der Waals surface area contributed by atoms with Gasteiger partial charge in [0.1, 0.15) is 19.0 Å². The molecule has 0 saturated carbocycles.